The van der Waals surface area contributed by atoms with Crippen molar-refractivity contribution in [1.29, 1.82) is 0 Å². The number of ether oxygens (including phenoxy) is 1. The molecule has 2 amide bonds. The maximum Gasteiger partial charge on any atom is 0.308 e. The van der Waals surface area contributed by atoms with Crippen LogP contribution in [-0.4, -0.2) is 48.9 Å². The Hall–Kier alpha value is -1.59. The summed E-state index contributed by atoms with van der Waals surface area (Å²) in [5.74, 6) is -1.05. The number of nitrogens with zero attached hydrogens (tertiary/aromatic N) is 1. The van der Waals surface area contributed by atoms with Crippen molar-refractivity contribution < 1.29 is 19.1 Å². The van der Waals surface area contributed by atoms with Crippen LogP contribution in [0.25, 0.3) is 0 Å². The Morgan fingerprint density at radius 3 is 2.00 bits per heavy atom. The molecule has 1 atom stereocenters. The van der Waals surface area contributed by atoms with Gasteiger partial charge in [-0.25, -0.2) is 0 Å². The van der Waals surface area contributed by atoms with E-state index in [0.29, 0.717) is 13.1 Å². The van der Waals surface area contributed by atoms with Gasteiger partial charge in [-0.15, -0.1) is 0 Å². The zero-order valence-corrected chi connectivity index (χ0v) is 13.6. The third kappa shape index (κ3) is 8.32. The van der Waals surface area contributed by atoms with Crippen LogP contribution in [0.15, 0.2) is 0 Å². The van der Waals surface area contributed by atoms with Crippen LogP contribution in [0.5, 0.6) is 0 Å². The van der Waals surface area contributed by atoms with Crippen LogP contribution < -0.4 is 5.32 Å². The molecule has 0 saturated carbocycles. The Bertz CT molecular complexity index is 337. The molecule has 0 bridgehead atoms. The topological polar surface area (TPSA) is 75.7 Å². The van der Waals surface area contributed by atoms with Crippen molar-refractivity contribution in [1.82, 2.24) is 10.2 Å². The lowest BCUT2D eigenvalue weighted by atomic mass is 10.1. The molecular weight excluding hydrogens is 272 g/mol. The first-order valence-electron chi connectivity index (χ1n) is 7.58. The van der Waals surface area contributed by atoms with Gasteiger partial charge in [-0.2, -0.15) is 0 Å². The third-order valence-electron chi connectivity index (χ3n) is 3.15. The number of esters is 1. The van der Waals surface area contributed by atoms with Crippen LogP contribution in [0.2, 0.25) is 0 Å². The molecule has 0 unspecified atom stereocenters. The number of carbonyl (C=O) groups excluding carboxylic acids is 3. The van der Waals surface area contributed by atoms with Gasteiger partial charge < -0.3 is 15.0 Å². The van der Waals surface area contributed by atoms with Crippen molar-refractivity contribution in [3.63, 3.8) is 0 Å². The number of methoxy groups -OCH3 is 1. The van der Waals surface area contributed by atoms with Crippen LogP contribution >= 0.6 is 0 Å². The molecule has 6 nitrogen and oxygen atoms in total. The van der Waals surface area contributed by atoms with Gasteiger partial charge in [0.1, 0.15) is 6.04 Å². The molecule has 0 aromatic heterocycles. The van der Waals surface area contributed by atoms with E-state index in [1.165, 1.54) is 14.0 Å². The van der Waals surface area contributed by atoms with E-state index < -0.39 is 12.0 Å². The van der Waals surface area contributed by atoms with Crippen molar-refractivity contribution >= 4 is 17.8 Å². The molecule has 6 heteroatoms. The fourth-order valence-corrected chi connectivity index (χ4v) is 1.95. The van der Waals surface area contributed by atoms with Gasteiger partial charge in [-0.1, -0.05) is 26.7 Å². The minimum atomic E-state index is -0.844. The quantitative estimate of drug-likeness (QED) is 0.620. The summed E-state index contributed by atoms with van der Waals surface area (Å²) >= 11 is 0. The summed E-state index contributed by atoms with van der Waals surface area (Å²) < 4.78 is 4.59. The van der Waals surface area contributed by atoms with E-state index in [-0.39, 0.29) is 18.2 Å². The molecule has 0 aliphatic rings. The zero-order chi connectivity index (χ0) is 16.3. The lowest BCUT2D eigenvalue weighted by Crippen LogP contribution is -2.49. The molecule has 0 radical (unpaired) electrons. The zero-order valence-electron chi connectivity index (χ0n) is 13.6. The van der Waals surface area contributed by atoms with Gasteiger partial charge in [0.25, 0.3) is 0 Å². The monoisotopic (exact) mass is 300 g/mol. The lowest BCUT2D eigenvalue weighted by molar-refractivity contribution is -0.146. The Balaban J connectivity index is 4.88. The molecule has 0 aromatic rings. The van der Waals surface area contributed by atoms with Gasteiger partial charge in [-0.3, -0.25) is 14.4 Å². The van der Waals surface area contributed by atoms with E-state index in [0.717, 1.165) is 25.7 Å². The number of hydrogen-bond acceptors (Lipinski definition) is 4. The van der Waals surface area contributed by atoms with Gasteiger partial charge in [0.2, 0.25) is 11.8 Å². The average molecular weight is 300 g/mol. The Kier molecular flexibility index (Phi) is 10.3. The number of hydrogen-bond donors (Lipinski definition) is 1. The Labute approximate surface area is 127 Å². The number of carbonyl (C=O) groups is 3. The van der Waals surface area contributed by atoms with E-state index in [9.17, 15) is 14.4 Å². The van der Waals surface area contributed by atoms with Crippen molar-refractivity contribution in [2.24, 2.45) is 0 Å². The summed E-state index contributed by atoms with van der Waals surface area (Å²) in [7, 11) is 1.27. The first kappa shape index (κ1) is 19.4. The first-order valence-corrected chi connectivity index (χ1v) is 7.58. The Morgan fingerprint density at radius 2 is 1.62 bits per heavy atom. The molecule has 122 valence electrons. The fourth-order valence-electron chi connectivity index (χ4n) is 1.95. The van der Waals surface area contributed by atoms with Crippen LogP contribution in [0, 0.1) is 0 Å². The molecule has 0 aromatic carbocycles. The molecule has 0 heterocycles. The second kappa shape index (κ2) is 11.1. The van der Waals surface area contributed by atoms with Crippen molar-refractivity contribution in [2.75, 3.05) is 20.2 Å². The molecule has 0 rings (SSSR count). The van der Waals surface area contributed by atoms with Crippen LogP contribution in [0.4, 0.5) is 0 Å². The van der Waals surface area contributed by atoms with Gasteiger partial charge >= 0.3 is 5.97 Å². The summed E-state index contributed by atoms with van der Waals surface area (Å²) in [5.41, 5.74) is 0. The summed E-state index contributed by atoms with van der Waals surface area (Å²) in [4.78, 5) is 36.9. The lowest BCUT2D eigenvalue weighted by Gasteiger charge is -2.27. The standard InChI is InChI=1S/C15H28N2O4/c1-5-7-9-17(10-8-6-2)15(20)13(16-12(3)18)11-14(19)21-4/h13H,5-11H2,1-4H3,(H,16,18)/t13-/m0/s1. The number of amides is 2. The molecule has 0 saturated heterocycles. The summed E-state index contributed by atoms with van der Waals surface area (Å²) in [5, 5.41) is 2.55. The highest BCUT2D eigenvalue weighted by atomic mass is 16.5. The predicted molar refractivity (Wildman–Crippen MR) is 80.6 cm³/mol. The highest BCUT2D eigenvalue weighted by Gasteiger charge is 2.27. The number of rotatable bonds is 10. The van der Waals surface area contributed by atoms with E-state index in [1.54, 1.807) is 4.90 Å². The fraction of sp³-hybridized carbons (Fsp3) is 0.800. The Morgan fingerprint density at radius 1 is 1.10 bits per heavy atom. The second-order valence-electron chi connectivity index (χ2n) is 5.07. The van der Waals surface area contributed by atoms with Gasteiger partial charge in [0, 0.05) is 20.0 Å². The van der Waals surface area contributed by atoms with E-state index in [2.05, 4.69) is 23.9 Å². The molecule has 21 heavy (non-hydrogen) atoms. The summed E-state index contributed by atoms with van der Waals surface area (Å²) in [6.45, 7) is 6.74. The average Bonchev–Trinajstić information content (AvgIpc) is 2.45. The smallest absolute Gasteiger partial charge is 0.308 e. The first-order chi connectivity index (χ1) is 9.96. The minimum Gasteiger partial charge on any atom is -0.469 e. The van der Waals surface area contributed by atoms with Crippen molar-refractivity contribution in [3.8, 4) is 0 Å². The minimum absolute atomic E-state index is 0.135. The maximum absolute atomic E-state index is 12.5. The number of unbranched alkanes of at least 4 members (excludes halogenated alkanes) is 2. The van der Waals surface area contributed by atoms with Crippen LogP contribution in [0.3, 0.4) is 0 Å². The summed E-state index contributed by atoms with van der Waals surface area (Å²) in [6, 6.07) is -0.844. The van der Waals surface area contributed by atoms with Crippen LogP contribution in [0.1, 0.15) is 52.9 Å². The van der Waals surface area contributed by atoms with Gasteiger partial charge in [-0.05, 0) is 12.8 Å². The highest BCUT2D eigenvalue weighted by Crippen LogP contribution is 2.06. The highest BCUT2D eigenvalue weighted by molar-refractivity contribution is 5.90. The van der Waals surface area contributed by atoms with Crippen molar-refractivity contribution in [2.45, 2.75) is 58.9 Å². The molecule has 1 N–H and O–H groups in total. The van der Waals surface area contributed by atoms with E-state index >= 15 is 0 Å². The normalized spacial score (nSPS) is 11.6. The third-order valence-corrected chi connectivity index (χ3v) is 3.15. The van der Waals surface area contributed by atoms with Crippen molar-refractivity contribution in [3.05, 3.63) is 0 Å². The van der Waals surface area contributed by atoms with E-state index in [4.69, 9.17) is 0 Å². The van der Waals surface area contributed by atoms with Gasteiger partial charge in [0.15, 0.2) is 0 Å². The van der Waals surface area contributed by atoms with Crippen LogP contribution in [-0.2, 0) is 19.1 Å². The second-order valence-corrected chi connectivity index (χ2v) is 5.07. The molecule has 0 aliphatic carbocycles. The maximum atomic E-state index is 12.5. The predicted octanol–water partition coefficient (Wildman–Crippen LogP) is 1.48. The molecule has 0 spiro atoms. The summed E-state index contributed by atoms with van der Waals surface area (Å²) in [6.07, 6.45) is 3.64. The van der Waals surface area contributed by atoms with E-state index in [1.807, 2.05) is 0 Å². The largest absolute Gasteiger partial charge is 0.469 e. The number of nitrogens with one attached hydrogen (secondary N) is 1. The molecule has 0 fully saturated rings. The van der Waals surface area contributed by atoms with Gasteiger partial charge in [0.05, 0.1) is 13.5 Å². The molecule has 0 aliphatic heterocycles. The SMILES string of the molecule is CCCCN(CCCC)C(=O)[C@H](CC(=O)OC)NC(C)=O. The molecular formula is C15H28N2O4.